The summed E-state index contributed by atoms with van der Waals surface area (Å²) in [6.07, 6.45) is 2.02. The van der Waals surface area contributed by atoms with E-state index in [4.69, 9.17) is 17.3 Å². The van der Waals surface area contributed by atoms with Crippen molar-refractivity contribution in [2.45, 2.75) is 18.4 Å². The fourth-order valence-corrected chi connectivity index (χ4v) is 3.09. The van der Waals surface area contributed by atoms with Gasteiger partial charge in [0.05, 0.1) is 0 Å². The lowest BCUT2D eigenvalue weighted by Crippen LogP contribution is -2.19. The average Bonchev–Trinajstić information content (AvgIpc) is 3.42. The number of hydrogen-bond acceptors (Lipinski definition) is 2. The third kappa shape index (κ3) is 3.50. The Morgan fingerprint density at radius 3 is 1.92 bits per heavy atom. The number of hydrogen-bond donors (Lipinski definition) is 2. The van der Waals surface area contributed by atoms with Crippen molar-refractivity contribution in [3.05, 3.63) is 88.9 Å². The second kappa shape index (κ2) is 6.60. The molecule has 130 valence electrons. The second-order valence-electron chi connectivity index (χ2n) is 6.77. The van der Waals surface area contributed by atoms with Gasteiger partial charge in [-0.2, -0.15) is 0 Å². The molecule has 0 bridgehead atoms. The summed E-state index contributed by atoms with van der Waals surface area (Å²) in [6, 6.07) is 23.0. The van der Waals surface area contributed by atoms with Crippen molar-refractivity contribution in [2.75, 3.05) is 5.32 Å². The van der Waals surface area contributed by atoms with Crippen molar-refractivity contribution < 1.29 is 4.79 Å². The van der Waals surface area contributed by atoms with Crippen molar-refractivity contribution in [3.63, 3.8) is 0 Å². The molecule has 3 aromatic carbocycles. The number of halogens is 1. The first-order valence-electron chi connectivity index (χ1n) is 8.60. The summed E-state index contributed by atoms with van der Waals surface area (Å²) in [6.45, 7) is 0. The Bertz CT molecular complexity index is 927. The van der Waals surface area contributed by atoms with E-state index in [2.05, 4.69) is 5.32 Å². The fourth-order valence-electron chi connectivity index (χ4n) is 2.97. The van der Waals surface area contributed by atoms with E-state index in [-0.39, 0.29) is 11.4 Å². The van der Waals surface area contributed by atoms with Crippen LogP contribution in [0.1, 0.15) is 28.8 Å². The van der Waals surface area contributed by atoms with Gasteiger partial charge in [0.2, 0.25) is 0 Å². The largest absolute Gasteiger partial charge is 0.322 e. The molecule has 0 aromatic heterocycles. The van der Waals surface area contributed by atoms with Crippen LogP contribution in [0.25, 0.3) is 11.1 Å². The fraction of sp³-hybridized carbons (Fsp3) is 0.136. The zero-order valence-corrected chi connectivity index (χ0v) is 15.0. The number of nitrogens with two attached hydrogens (primary N) is 1. The van der Waals surface area contributed by atoms with Gasteiger partial charge in [0.15, 0.2) is 0 Å². The molecule has 3 N–H and O–H groups in total. The van der Waals surface area contributed by atoms with Gasteiger partial charge in [-0.05, 0) is 65.9 Å². The van der Waals surface area contributed by atoms with Crippen molar-refractivity contribution in [1.82, 2.24) is 0 Å². The molecular weight excluding hydrogens is 344 g/mol. The Morgan fingerprint density at radius 2 is 1.38 bits per heavy atom. The third-order valence-electron chi connectivity index (χ3n) is 4.83. The summed E-state index contributed by atoms with van der Waals surface area (Å²) >= 11 is 5.92. The maximum Gasteiger partial charge on any atom is 0.255 e. The molecule has 0 radical (unpaired) electrons. The van der Waals surface area contributed by atoms with Crippen LogP contribution in [0, 0.1) is 0 Å². The van der Waals surface area contributed by atoms with E-state index in [1.807, 2.05) is 72.8 Å². The van der Waals surface area contributed by atoms with Crippen LogP contribution in [0.3, 0.4) is 0 Å². The van der Waals surface area contributed by atoms with Crippen LogP contribution < -0.4 is 11.1 Å². The number of rotatable bonds is 4. The molecule has 0 spiro atoms. The van der Waals surface area contributed by atoms with Gasteiger partial charge >= 0.3 is 0 Å². The Morgan fingerprint density at radius 1 is 0.846 bits per heavy atom. The van der Waals surface area contributed by atoms with Crippen LogP contribution in [0.15, 0.2) is 72.8 Å². The molecule has 1 fully saturated rings. The molecular formula is C22H19ClN2O. The quantitative estimate of drug-likeness (QED) is 0.669. The Balaban J connectivity index is 1.45. The molecule has 4 heteroatoms. The van der Waals surface area contributed by atoms with Gasteiger partial charge in [-0.25, -0.2) is 0 Å². The van der Waals surface area contributed by atoms with E-state index >= 15 is 0 Å². The van der Waals surface area contributed by atoms with E-state index in [1.165, 1.54) is 0 Å². The molecule has 4 rings (SSSR count). The second-order valence-corrected chi connectivity index (χ2v) is 7.21. The molecule has 3 nitrogen and oxygen atoms in total. The van der Waals surface area contributed by atoms with E-state index < -0.39 is 0 Å². The summed E-state index contributed by atoms with van der Waals surface area (Å²) in [4.78, 5) is 12.4. The lowest BCUT2D eigenvalue weighted by Gasteiger charge is -2.10. The number of nitrogens with one attached hydrogen (secondary N) is 1. The molecule has 0 atom stereocenters. The van der Waals surface area contributed by atoms with E-state index in [1.54, 1.807) is 0 Å². The van der Waals surface area contributed by atoms with Gasteiger partial charge < -0.3 is 11.1 Å². The van der Waals surface area contributed by atoms with Crippen molar-refractivity contribution in [2.24, 2.45) is 5.73 Å². The van der Waals surface area contributed by atoms with Crippen LogP contribution in [-0.2, 0) is 5.54 Å². The zero-order valence-electron chi connectivity index (χ0n) is 14.2. The summed E-state index contributed by atoms with van der Waals surface area (Å²) in [5.74, 6) is -0.127. The number of amides is 1. The van der Waals surface area contributed by atoms with E-state index in [9.17, 15) is 4.79 Å². The molecule has 1 amide bonds. The zero-order chi connectivity index (χ0) is 18.1. The predicted molar refractivity (Wildman–Crippen MR) is 106 cm³/mol. The highest BCUT2D eigenvalue weighted by molar-refractivity contribution is 6.30. The minimum absolute atomic E-state index is 0.127. The molecule has 0 aliphatic heterocycles. The first-order chi connectivity index (χ1) is 12.5. The Hall–Kier alpha value is -2.62. The average molecular weight is 363 g/mol. The maximum atomic E-state index is 12.4. The van der Waals surface area contributed by atoms with Crippen LogP contribution in [0.5, 0.6) is 0 Å². The van der Waals surface area contributed by atoms with Gasteiger partial charge in [0.1, 0.15) is 0 Å². The topological polar surface area (TPSA) is 55.1 Å². The summed E-state index contributed by atoms with van der Waals surface area (Å²) in [7, 11) is 0. The minimum Gasteiger partial charge on any atom is -0.322 e. The highest BCUT2D eigenvalue weighted by Crippen LogP contribution is 2.42. The van der Waals surface area contributed by atoms with Crippen molar-refractivity contribution >= 4 is 23.2 Å². The number of benzene rings is 3. The van der Waals surface area contributed by atoms with Crippen LogP contribution in [0.4, 0.5) is 5.69 Å². The first-order valence-corrected chi connectivity index (χ1v) is 8.98. The number of carbonyl (C=O) groups is 1. The van der Waals surface area contributed by atoms with Gasteiger partial charge in [0, 0.05) is 21.8 Å². The molecule has 0 saturated heterocycles. The lowest BCUT2D eigenvalue weighted by atomic mass is 10.0. The Kier molecular flexibility index (Phi) is 4.27. The van der Waals surface area contributed by atoms with Crippen molar-refractivity contribution in [3.8, 4) is 11.1 Å². The summed E-state index contributed by atoms with van der Waals surface area (Å²) < 4.78 is 0. The SMILES string of the molecule is NC1(c2ccc(C(=O)Nc3ccc(-c4ccc(Cl)cc4)cc3)cc2)CC1. The van der Waals surface area contributed by atoms with E-state index in [0.29, 0.717) is 10.6 Å². The maximum absolute atomic E-state index is 12.4. The molecule has 0 heterocycles. The molecule has 3 aromatic rings. The van der Waals surface area contributed by atoms with Crippen LogP contribution >= 0.6 is 11.6 Å². The smallest absolute Gasteiger partial charge is 0.255 e. The number of anilines is 1. The molecule has 1 saturated carbocycles. The highest BCUT2D eigenvalue weighted by Gasteiger charge is 2.39. The van der Waals surface area contributed by atoms with Gasteiger partial charge in [-0.3, -0.25) is 4.79 Å². The lowest BCUT2D eigenvalue weighted by molar-refractivity contribution is 0.102. The molecule has 26 heavy (non-hydrogen) atoms. The summed E-state index contributed by atoms with van der Waals surface area (Å²) in [5.41, 5.74) is 10.6. The van der Waals surface area contributed by atoms with Crippen LogP contribution in [-0.4, -0.2) is 5.91 Å². The Labute approximate surface area is 157 Å². The van der Waals surface area contributed by atoms with Gasteiger partial charge in [-0.15, -0.1) is 0 Å². The normalized spacial score (nSPS) is 14.7. The van der Waals surface area contributed by atoms with Crippen LogP contribution in [0.2, 0.25) is 5.02 Å². The molecule has 0 unspecified atom stereocenters. The standard InChI is InChI=1S/C22H19ClN2O/c23-19-9-3-15(4-10-19)16-5-11-20(12-6-16)25-21(26)17-1-7-18(8-2-17)22(24)13-14-22/h1-12H,13-14,24H2,(H,25,26). The highest BCUT2D eigenvalue weighted by atomic mass is 35.5. The third-order valence-corrected chi connectivity index (χ3v) is 5.08. The minimum atomic E-state index is -0.174. The van der Waals surface area contributed by atoms with Gasteiger partial charge in [-0.1, -0.05) is 48.0 Å². The van der Waals surface area contributed by atoms with Gasteiger partial charge in [0.25, 0.3) is 5.91 Å². The molecule has 1 aliphatic rings. The number of carbonyl (C=O) groups excluding carboxylic acids is 1. The first kappa shape index (κ1) is 16.8. The van der Waals surface area contributed by atoms with E-state index in [0.717, 1.165) is 35.2 Å². The summed E-state index contributed by atoms with van der Waals surface area (Å²) in [5, 5.41) is 3.64. The molecule has 1 aliphatic carbocycles. The van der Waals surface area contributed by atoms with Crippen molar-refractivity contribution in [1.29, 1.82) is 0 Å². The predicted octanol–water partition coefficient (Wildman–Crippen LogP) is 5.21. The monoisotopic (exact) mass is 362 g/mol.